The molecular weight excluding hydrogens is 142 g/mol. The minimum atomic E-state index is 0.180. The second kappa shape index (κ2) is 3.14. The van der Waals surface area contributed by atoms with Crippen molar-refractivity contribution in [3.63, 3.8) is 0 Å². The van der Waals surface area contributed by atoms with Crippen LogP contribution in [0.3, 0.4) is 0 Å². The van der Waals surface area contributed by atoms with Gasteiger partial charge in [-0.15, -0.1) is 6.58 Å². The summed E-state index contributed by atoms with van der Waals surface area (Å²) in [6, 6.07) is 0.180. The van der Waals surface area contributed by atoms with Crippen molar-refractivity contribution < 1.29 is 0 Å². The molecular formula is C6H11N5. The highest BCUT2D eigenvalue weighted by atomic mass is 15.6. The lowest BCUT2D eigenvalue weighted by molar-refractivity contribution is 0.710. The lowest BCUT2D eigenvalue weighted by Gasteiger charge is -2.06. The van der Waals surface area contributed by atoms with Crippen LogP contribution in [0.15, 0.2) is 12.7 Å². The number of anilines is 1. The van der Waals surface area contributed by atoms with Gasteiger partial charge >= 0.3 is 0 Å². The second-order valence-corrected chi connectivity index (χ2v) is 2.29. The van der Waals surface area contributed by atoms with E-state index in [1.165, 1.54) is 0 Å². The highest BCUT2D eigenvalue weighted by Crippen LogP contribution is 1.98. The standard InChI is InChI=1S/C6H11N5/c1-4-5(2)7-6-8-9-10-11(6)3/h4-5H,1H2,2-3H3,(H,7,8,10). The molecule has 5 nitrogen and oxygen atoms in total. The number of nitrogens with one attached hydrogen (secondary N) is 1. The Labute approximate surface area is 65.1 Å². The molecule has 1 rings (SSSR count). The van der Waals surface area contributed by atoms with Crippen LogP contribution in [0.5, 0.6) is 0 Å². The van der Waals surface area contributed by atoms with Crippen LogP contribution in [0.1, 0.15) is 6.92 Å². The van der Waals surface area contributed by atoms with E-state index in [1.54, 1.807) is 17.8 Å². The Kier molecular flexibility index (Phi) is 2.20. The minimum absolute atomic E-state index is 0.180. The summed E-state index contributed by atoms with van der Waals surface area (Å²) in [6.45, 7) is 5.60. The van der Waals surface area contributed by atoms with Crippen LogP contribution in [-0.2, 0) is 7.05 Å². The Morgan fingerprint density at radius 2 is 2.45 bits per heavy atom. The molecule has 1 aromatic rings. The van der Waals surface area contributed by atoms with Gasteiger partial charge in [0.05, 0.1) is 0 Å². The van der Waals surface area contributed by atoms with Gasteiger partial charge in [0, 0.05) is 13.1 Å². The van der Waals surface area contributed by atoms with Gasteiger partial charge < -0.3 is 5.32 Å². The average molecular weight is 153 g/mol. The number of aromatic nitrogens is 4. The van der Waals surface area contributed by atoms with E-state index in [1.807, 2.05) is 6.92 Å². The molecule has 11 heavy (non-hydrogen) atoms. The van der Waals surface area contributed by atoms with Gasteiger partial charge in [0.15, 0.2) is 0 Å². The summed E-state index contributed by atoms with van der Waals surface area (Å²) in [4.78, 5) is 0. The van der Waals surface area contributed by atoms with E-state index in [2.05, 4.69) is 27.4 Å². The van der Waals surface area contributed by atoms with Gasteiger partial charge in [-0.2, -0.15) is 0 Å². The van der Waals surface area contributed by atoms with E-state index >= 15 is 0 Å². The summed E-state index contributed by atoms with van der Waals surface area (Å²) in [5, 5.41) is 13.9. The first kappa shape index (κ1) is 7.71. The fraction of sp³-hybridized carbons (Fsp3) is 0.500. The van der Waals surface area contributed by atoms with E-state index in [0.717, 1.165) is 0 Å². The molecule has 0 aliphatic carbocycles. The molecule has 1 aromatic heterocycles. The van der Waals surface area contributed by atoms with Gasteiger partial charge in [-0.3, -0.25) is 0 Å². The maximum Gasteiger partial charge on any atom is 0.243 e. The summed E-state index contributed by atoms with van der Waals surface area (Å²) in [6.07, 6.45) is 1.79. The topological polar surface area (TPSA) is 55.6 Å². The fourth-order valence-corrected chi connectivity index (χ4v) is 0.614. The number of aryl methyl sites for hydroxylation is 1. The second-order valence-electron chi connectivity index (χ2n) is 2.29. The van der Waals surface area contributed by atoms with Crippen LogP contribution in [0.25, 0.3) is 0 Å². The van der Waals surface area contributed by atoms with E-state index in [0.29, 0.717) is 5.95 Å². The number of hydrogen-bond acceptors (Lipinski definition) is 4. The van der Waals surface area contributed by atoms with Gasteiger partial charge in [-0.1, -0.05) is 11.2 Å². The third-order valence-electron chi connectivity index (χ3n) is 1.33. The van der Waals surface area contributed by atoms with Crippen LogP contribution in [0.2, 0.25) is 0 Å². The zero-order valence-corrected chi connectivity index (χ0v) is 6.65. The highest BCUT2D eigenvalue weighted by molar-refractivity contribution is 5.24. The molecule has 0 radical (unpaired) electrons. The molecule has 60 valence electrons. The SMILES string of the molecule is C=CC(C)Nc1nnnn1C. The Hall–Kier alpha value is -1.39. The summed E-state index contributed by atoms with van der Waals surface area (Å²) >= 11 is 0. The predicted molar refractivity (Wildman–Crippen MR) is 42.1 cm³/mol. The van der Waals surface area contributed by atoms with Crippen molar-refractivity contribution in [2.75, 3.05) is 5.32 Å². The molecule has 1 atom stereocenters. The minimum Gasteiger partial charge on any atom is -0.347 e. The zero-order valence-electron chi connectivity index (χ0n) is 6.65. The Morgan fingerprint density at radius 1 is 1.73 bits per heavy atom. The maximum absolute atomic E-state index is 3.75. The van der Waals surface area contributed by atoms with Crippen molar-refractivity contribution in [2.24, 2.45) is 7.05 Å². The largest absolute Gasteiger partial charge is 0.347 e. The van der Waals surface area contributed by atoms with Crippen molar-refractivity contribution in [3.8, 4) is 0 Å². The molecule has 0 aromatic carbocycles. The van der Waals surface area contributed by atoms with Crippen molar-refractivity contribution in [3.05, 3.63) is 12.7 Å². The smallest absolute Gasteiger partial charge is 0.243 e. The first-order chi connectivity index (χ1) is 5.24. The van der Waals surface area contributed by atoms with Gasteiger partial charge in [0.2, 0.25) is 5.95 Å². The monoisotopic (exact) mass is 153 g/mol. The molecule has 0 bridgehead atoms. The number of rotatable bonds is 3. The molecule has 0 aliphatic rings. The molecule has 1 unspecified atom stereocenters. The molecule has 0 spiro atoms. The van der Waals surface area contributed by atoms with Crippen molar-refractivity contribution >= 4 is 5.95 Å². The van der Waals surface area contributed by atoms with Crippen molar-refractivity contribution in [1.29, 1.82) is 0 Å². The average Bonchev–Trinajstić information content (AvgIpc) is 2.37. The highest BCUT2D eigenvalue weighted by Gasteiger charge is 2.02. The van der Waals surface area contributed by atoms with Crippen molar-refractivity contribution in [2.45, 2.75) is 13.0 Å². The number of hydrogen-bond donors (Lipinski definition) is 1. The first-order valence-electron chi connectivity index (χ1n) is 3.35. The zero-order chi connectivity index (χ0) is 8.27. The first-order valence-corrected chi connectivity index (χ1v) is 3.35. The Morgan fingerprint density at radius 3 is 2.91 bits per heavy atom. The third kappa shape index (κ3) is 1.76. The van der Waals surface area contributed by atoms with Crippen LogP contribution in [-0.4, -0.2) is 26.2 Å². The van der Waals surface area contributed by atoms with Gasteiger partial charge in [-0.05, 0) is 17.4 Å². The molecule has 0 saturated heterocycles. The molecule has 1 heterocycles. The van der Waals surface area contributed by atoms with Crippen LogP contribution in [0, 0.1) is 0 Å². The van der Waals surface area contributed by atoms with Gasteiger partial charge in [-0.25, -0.2) is 4.68 Å². The van der Waals surface area contributed by atoms with Crippen LogP contribution >= 0.6 is 0 Å². The lowest BCUT2D eigenvalue weighted by Crippen LogP contribution is -2.14. The molecule has 0 fully saturated rings. The maximum atomic E-state index is 3.75. The third-order valence-corrected chi connectivity index (χ3v) is 1.33. The Balaban J connectivity index is 2.63. The lowest BCUT2D eigenvalue weighted by atomic mass is 10.3. The van der Waals surface area contributed by atoms with E-state index in [9.17, 15) is 0 Å². The normalized spacial score (nSPS) is 12.5. The summed E-state index contributed by atoms with van der Waals surface area (Å²) in [7, 11) is 1.78. The number of nitrogens with zero attached hydrogens (tertiary/aromatic N) is 4. The van der Waals surface area contributed by atoms with E-state index in [-0.39, 0.29) is 6.04 Å². The van der Waals surface area contributed by atoms with Crippen LogP contribution in [0.4, 0.5) is 5.95 Å². The predicted octanol–water partition coefficient (Wildman–Crippen LogP) is 0.196. The molecule has 0 saturated carbocycles. The van der Waals surface area contributed by atoms with Crippen LogP contribution < -0.4 is 5.32 Å². The van der Waals surface area contributed by atoms with Gasteiger partial charge in [0.1, 0.15) is 0 Å². The molecule has 0 amide bonds. The van der Waals surface area contributed by atoms with E-state index in [4.69, 9.17) is 0 Å². The fourth-order valence-electron chi connectivity index (χ4n) is 0.614. The van der Waals surface area contributed by atoms with Crippen molar-refractivity contribution in [1.82, 2.24) is 20.2 Å². The molecule has 0 aliphatic heterocycles. The summed E-state index contributed by atoms with van der Waals surface area (Å²) in [5.74, 6) is 0.650. The molecule has 5 heteroatoms. The quantitative estimate of drug-likeness (QED) is 0.630. The summed E-state index contributed by atoms with van der Waals surface area (Å²) < 4.78 is 1.57. The Bertz CT molecular complexity index is 241. The molecule has 1 N–H and O–H groups in total. The number of tetrazole rings is 1. The summed E-state index contributed by atoms with van der Waals surface area (Å²) in [5.41, 5.74) is 0. The van der Waals surface area contributed by atoms with E-state index < -0.39 is 0 Å². The van der Waals surface area contributed by atoms with Gasteiger partial charge in [0.25, 0.3) is 0 Å².